The molecule has 0 aliphatic heterocycles. The van der Waals surface area contributed by atoms with Crippen LogP contribution in [0, 0.1) is 19.8 Å². The average molecular weight is 347 g/mol. The molecule has 0 saturated carbocycles. The minimum Gasteiger partial charge on any atom is -0.497 e. The van der Waals surface area contributed by atoms with Crippen molar-refractivity contribution in [3.05, 3.63) is 59.2 Å². The van der Waals surface area contributed by atoms with Gasteiger partial charge >= 0.3 is 0 Å². The Morgan fingerprint density at radius 2 is 1.62 bits per heavy atom. The Hall–Kier alpha value is -1.85. The smallest absolute Gasteiger partial charge is 0.241 e. The number of benzene rings is 2. The highest BCUT2D eigenvalue weighted by Gasteiger charge is 2.25. The van der Waals surface area contributed by atoms with Crippen molar-refractivity contribution >= 4 is 10.0 Å². The maximum Gasteiger partial charge on any atom is 0.241 e. The average Bonchev–Trinajstić information content (AvgIpc) is 2.54. The fraction of sp³-hybridized carbons (Fsp3) is 0.368. The van der Waals surface area contributed by atoms with Gasteiger partial charge in [-0.2, -0.15) is 0 Å². The molecule has 4 nitrogen and oxygen atoms in total. The molecule has 2 rings (SSSR count). The van der Waals surface area contributed by atoms with Gasteiger partial charge in [0.15, 0.2) is 0 Å². The van der Waals surface area contributed by atoms with E-state index >= 15 is 0 Å². The molecule has 0 bridgehead atoms. The molecule has 0 saturated heterocycles. The van der Waals surface area contributed by atoms with Crippen LogP contribution >= 0.6 is 0 Å². The molecule has 0 radical (unpaired) electrons. The van der Waals surface area contributed by atoms with E-state index in [1.54, 1.807) is 13.2 Å². The first-order valence-corrected chi connectivity index (χ1v) is 9.46. The molecular formula is C19H25NO3S. The lowest BCUT2D eigenvalue weighted by Gasteiger charge is -2.23. The zero-order valence-electron chi connectivity index (χ0n) is 14.8. The van der Waals surface area contributed by atoms with Crippen LogP contribution in [0.4, 0.5) is 0 Å². The van der Waals surface area contributed by atoms with Crippen LogP contribution < -0.4 is 9.46 Å². The summed E-state index contributed by atoms with van der Waals surface area (Å²) in [6.07, 6.45) is 0. The molecule has 130 valence electrons. The van der Waals surface area contributed by atoms with Gasteiger partial charge in [0.1, 0.15) is 5.75 Å². The van der Waals surface area contributed by atoms with Crippen LogP contribution in [-0.2, 0) is 10.0 Å². The molecule has 24 heavy (non-hydrogen) atoms. The third-order valence-corrected chi connectivity index (χ3v) is 5.64. The predicted molar refractivity (Wildman–Crippen MR) is 96.8 cm³/mol. The number of sulfonamides is 1. The Morgan fingerprint density at radius 3 is 2.17 bits per heavy atom. The Balaban J connectivity index is 2.37. The van der Waals surface area contributed by atoms with Gasteiger partial charge in [-0.3, -0.25) is 0 Å². The zero-order valence-corrected chi connectivity index (χ0v) is 15.6. The van der Waals surface area contributed by atoms with Gasteiger partial charge in [0.2, 0.25) is 10.0 Å². The van der Waals surface area contributed by atoms with Gasteiger partial charge in [0.05, 0.1) is 12.0 Å². The quantitative estimate of drug-likeness (QED) is 0.860. The molecule has 0 aromatic heterocycles. The number of methoxy groups -OCH3 is 1. The molecule has 2 aromatic carbocycles. The predicted octanol–water partition coefficient (Wildman–Crippen LogP) is 3.99. The summed E-state index contributed by atoms with van der Waals surface area (Å²) in [5, 5.41) is 0. The summed E-state index contributed by atoms with van der Waals surface area (Å²) < 4.78 is 33.8. The van der Waals surface area contributed by atoms with Gasteiger partial charge in [-0.15, -0.1) is 0 Å². The molecule has 0 aliphatic carbocycles. The number of ether oxygens (including phenoxy) is 1. The molecule has 2 aromatic rings. The molecule has 0 heterocycles. The highest BCUT2D eigenvalue weighted by atomic mass is 32.2. The maximum atomic E-state index is 12.9. The molecule has 5 heteroatoms. The second kappa shape index (κ2) is 7.36. The highest BCUT2D eigenvalue weighted by molar-refractivity contribution is 7.89. The van der Waals surface area contributed by atoms with Gasteiger partial charge in [-0.05, 0) is 54.7 Å². The monoisotopic (exact) mass is 347 g/mol. The van der Waals surface area contributed by atoms with Crippen molar-refractivity contribution in [3.8, 4) is 5.75 Å². The van der Waals surface area contributed by atoms with Crippen molar-refractivity contribution in [3.63, 3.8) is 0 Å². The van der Waals surface area contributed by atoms with Crippen LogP contribution in [0.1, 0.15) is 36.6 Å². The lowest BCUT2D eigenvalue weighted by atomic mass is 9.97. The van der Waals surface area contributed by atoms with Crippen LogP contribution in [0.25, 0.3) is 0 Å². The minimum absolute atomic E-state index is 0.110. The summed E-state index contributed by atoms with van der Waals surface area (Å²) in [4.78, 5) is 0.335. The first-order chi connectivity index (χ1) is 11.2. The van der Waals surface area contributed by atoms with Crippen molar-refractivity contribution in [1.29, 1.82) is 0 Å². The second-order valence-electron chi connectivity index (χ2n) is 6.39. The molecule has 0 fully saturated rings. The zero-order chi connectivity index (χ0) is 17.9. The van der Waals surface area contributed by atoms with Gasteiger partial charge in [0, 0.05) is 6.04 Å². The fourth-order valence-corrected chi connectivity index (χ4v) is 4.33. The van der Waals surface area contributed by atoms with Crippen LogP contribution in [0.5, 0.6) is 5.75 Å². The lowest BCUT2D eigenvalue weighted by Crippen LogP contribution is -2.32. The molecule has 0 aliphatic rings. The van der Waals surface area contributed by atoms with E-state index in [1.165, 1.54) is 0 Å². The molecular weight excluding hydrogens is 322 g/mol. The van der Waals surface area contributed by atoms with E-state index in [-0.39, 0.29) is 12.0 Å². The normalized spacial score (nSPS) is 13.1. The Kier molecular flexibility index (Phi) is 5.67. The molecule has 0 spiro atoms. The van der Waals surface area contributed by atoms with E-state index in [4.69, 9.17) is 4.74 Å². The van der Waals surface area contributed by atoms with Crippen molar-refractivity contribution in [2.75, 3.05) is 7.11 Å². The first-order valence-electron chi connectivity index (χ1n) is 7.98. The van der Waals surface area contributed by atoms with Crippen molar-refractivity contribution < 1.29 is 13.2 Å². The topological polar surface area (TPSA) is 55.4 Å². The van der Waals surface area contributed by atoms with E-state index in [0.717, 1.165) is 22.4 Å². The first kappa shape index (κ1) is 18.5. The highest BCUT2D eigenvalue weighted by Crippen LogP contribution is 2.27. The van der Waals surface area contributed by atoms with Crippen molar-refractivity contribution in [1.82, 2.24) is 4.72 Å². The molecule has 1 atom stereocenters. The van der Waals surface area contributed by atoms with E-state index in [0.29, 0.717) is 4.90 Å². The van der Waals surface area contributed by atoms with Crippen LogP contribution in [-0.4, -0.2) is 15.5 Å². The summed E-state index contributed by atoms with van der Waals surface area (Å²) in [6.45, 7) is 7.70. The molecule has 0 amide bonds. The third-order valence-electron chi connectivity index (χ3n) is 4.06. The Bertz CT molecular complexity index is 796. The number of rotatable bonds is 6. The summed E-state index contributed by atoms with van der Waals surface area (Å²) in [5.41, 5.74) is 2.58. The largest absolute Gasteiger partial charge is 0.497 e. The van der Waals surface area contributed by atoms with Gasteiger partial charge in [0.25, 0.3) is 0 Å². The maximum absolute atomic E-state index is 12.9. The van der Waals surface area contributed by atoms with Gasteiger partial charge in [-0.25, -0.2) is 13.1 Å². The fourth-order valence-electron chi connectivity index (χ4n) is 2.63. The summed E-state index contributed by atoms with van der Waals surface area (Å²) in [5.74, 6) is 0.858. The van der Waals surface area contributed by atoms with Crippen molar-refractivity contribution in [2.45, 2.75) is 38.6 Å². The van der Waals surface area contributed by atoms with Gasteiger partial charge < -0.3 is 4.74 Å². The minimum atomic E-state index is -3.60. The Labute approximate surface area is 144 Å². The Morgan fingerprint density at radius 1 is 1.00 bits per heavy atom. The lowest BCUT2D eigenvalue weighted by molar-refractivity contribution is 0.413. The standard InChI is InChI=1S/C19H25NO3S/c1-13(2)19(16-8-10-17(23-5)11-9-16)20-24(21,22)18-12-14(3)6-7-15(18)4/h6-13,19-20H,1-5H3. The summed E-state index contributed by atoms with van der Waals surface area (Å²) in [7, 11) is -1.99. The number of aryl methyl sites for hydroxylation is 2. The molecule has 1 N–H and O–H groups in total. The van der Waals surface area contributed by atoms with Crippen LogP contribution in [0.3, 0.4) is 0 Å². The van der Waals surface area contributed by atoms with E-state index < -0.39 is 10.0 Å². The summed E-state index contributed by atoms with van der Waals surface area (Å²) >= 11 is 0. The van der Waals surface area contributed by atoms with Crippen molar-refractivity contribution in [2.24, 2.45) is 5.92 Å². The second-order valence-corrected chi connectivity index (χ2v) is 8.07. The van der Waals surface area contributed by atoms with Crippen LogP contribution in [0.15, 0.2) is 47.4 Å². The third kappa shape index (κ3) is 4.16. The SMILES string of the molecule is COc1ccc(C(NS(=O)(=O)c2cc(C)ccc2C)C(C)C)cc1. The van der Waals surface area contributed by atoms with E-state index in [2.05, 4.69) is 4.72 Å². The van der Waals surface area contributed by atoms with E-state index in [1.807, 2.05) is 64.1 Å². The number of nitrogens with one attached hydrogen (secondary N) is 1. The van der Waals surface area contributed by atoms with E-state index in [9.17, 15) is 8.42 Å². The van der Waals surface area contributed by atoms with Crippen LogP contribution in [0.2, 0.25) is 0 Å². The summed E-state index contributed by atoms with van der Waals surface area (Å²) in [6, 6.07) is 12.6. The number of hydrogen-bond donors (Lipinski definition) is 1. The van der Waals surface area contributed by atoms with Gasteiger partial charge in [-0.1, -0.05) is 38.1 Å². The number of hydrogen-bond acceptors (Lipinski definition) is 3. The molecule has 1 unspecified atom stereocenters.